The highest BCUT2D eigenvalue weighted by Crippen LogP contribution is 2.23. The molecule has 0 bridgehead atoms. The average Bonchev–Trinajstić information content (AvgIpc) is 2.95. The highest BCUT2D eigenvalue weighted by Gasteiger charge is 2.19. The molecule has 2 fully saturated rings. The third kappa shape index (κ3) is 17.3. The second kappa shape index (κ2) is 22.1. The summed E-state index contributed by atoms with van der Waals surface area (Å²) in [5.41, 5.74) is 0. The van der Waals surface area contributed by atoms with Crippen molar-refractivity contribution in [3.63, 3.8) is 0 Å². The summed E-state index contributed by atoms with van der Waals surface area (Å²) in [5, 5.41) is 0. The quantitative estimate of drug-likeness (QED) is 0.0785. The van der Waals surface area contributed by atoms with Crippen LogP contribution in [0.15, 0.2) is 0 Å². The van der Waals surface area contributed by atoms with Gasteiger partial charge in [0.25, 0.3) is 0 Å². The number of rotatable bonds is 21. The summed E-state index contributed by atoms with van der Waals surface area (Å²) >= 11 is 0. The number of carbonyl (C=O) groups excluding carboxylic acids is 3. The maximum atomic E-state index is 12.6. The van der Waals surface area contributed by atoms with Crippen molar-refractivity contribution in [2.75, 3.05) is 0 Å². The minimum absolute atomic E-state index is 0.0608. The van der Waals surface area contributed by atoms with Gasteiger partial charge in [0.2, 0.25) is 0 Å². The Morgan fingerprint density at radius 3 is 1.48 bits per heavy atom. The first kappa shape index (κ1) is 34.6. The van der Waals surface area contributed by atoms with Crippen molar-refractivity contribution in [3.05, 3.63) is 0 Å². The molecule has 2 saturated carbocycles. The van der Waals surface area contributed by atoms with E-state index in [4.69, 9.17) is 14.2 Å². The third-order valence-corrected chi connectivity index (χ3v) is 8.84. The summed E-state index contributed by atoms with van der Waals surface area (Å²) in [6.45, 7) is 4.47. The molecule has 0 amide bonds. The first-order chi connectivity index (χ1) is 19.5. The number of carbonyl (C=O) groups is 3. The molecule has 0 saturated heterocycles. The van der Waals surface area contributed by atoms with E-state index in [1.54, 1.807) is 0 Å². The van der Waals surface area contributed by atoms with Crippen LogP contribution >= 0.6 is 0 Å². The molecule has 6 nitrogen and oxygen atoms in total. The van der Waals surface area contributed by atoms with Crippen LogP contribution in [0.2, 0.25) is 0 Å². The van der Waals surface area contributed by atoms with Gasteiger partial charge in [-0.05, 0) is 102 Å². The molecule has 0 aromatic carbocycles. The minimum Gasteiger partial charge on any atom is -0.462 e. The van der Waals surface area contributed by atoms with Crippen molar-refractivity contribution in [1.29, 1.82) is 0 Å². The van der Waals surface area contributed by atoms with Gasteiger partial charge in [-0.3, -0.25) is 14.4 Å². The summed E-state index contributed by atoms with van der Waals surface area (Å²) in [6.07, 6.45) is 24.2. The van der Waals surface area contributed by atoms with Gasteiger partial charge in [0, 0.05) is 19.3 Å². The van der Waals surface area contributed by atoms with Gasteiger partial charge in [0.1, 0.15) is 18.3 Å². The van der Waals surface area contributed by atoms with Gasteiger partial charge >= 0.3 is 17.9 Å². The molecule has 6 heteroatoms. The van der Waals surface area contributed by atoms with Gasteiger partial charge in [-0.1, -0.05) is 58.8 Å². The number of ether oxygens (including phenoxy) is 3. The Balaban J connectivity index is 1.63. The molecule has 2 aliphatic rings. The first-order valence-electron chi connectivity index (χ1n) is 17.0. The maximum Gasteiger partial charge on any atom is 0.306 e. The van der Waals surface area contributed by atoms with Crippen LogP contribution in [0.3, 0.4) is 0 Å². The van der Waals surface area contributed by atoms with E-state index in [2.05, 4.69) is 13.8 Å². The van der Waals surface area contributed by atoms with Crippen LogP contribution in [0.25, 0.3) is 0 Å². The topological polar surface area (TPSA) is 78.9 Å². The van der Waals surface area contributed by atoms with Crippen LogP contribution in [0, 0.1) is 5.92 Å². The van der Waals surface area contributed by atoms with Crippen LogP contribution in [0.1, 0.15) is 174 Å². The molecule has 2 rings (SSSR count). The minimum atomic E-state index is -0.0822. The standard InChI is InChI=1S/C34H60O6/c1-3-28(2)18-16-17-27-34(37)40-31(23-12-6-14-25-32(35)38-29-19-8-4-9-20-29)24-13-7-15-26-33(36)39-30-21-10-5-11-22-30/h28-31H,3-27H2,1-2H3. The van der Waals surface area contributed by atoms with Crippen LogP contribution < -0.4 is 0 Å². The first-order valence-corrected chi connectivity index (χ1v) is 17.0. The van der Waals surface area contributed by atoms with Gasteiger partial charge in [-0.2, -0.15) is 0 Å². The van der Waals surface area contributed by atoms with E-state index >= 15 is 0 Å². The van der Waals surface area contributed by atoms with E-state index in [0.29, 0.717) is 25.2 Å². The molecule has 232 valence electrons. The van der Waals surface area contributed by atoms with Crippen molar-refractivity contribution in [2.24, 2.45) is 5.92 Å². The zero-order valence-electron chi connectivity index (χ0n) is 25.9. The largest absolute Gasteiger partial charge is 0.462 e. The zero-order valence-corrected chi connectivity index (χ0v) is 25.9. The van der Waals surface area contributed by atoms with E-state index in [-0.39, 0.29) is 36.2 Å². The van der Waals surface area contributed by atoms with Crippen LogP contribution in [0.4, 0.5) is 0 Å². The van der Waals surface area contributed by atoms with E-state index < -0.39 is 0 Å². The molecular formula is C34H60O6. The molecule has 40 heavy (non-hydrogen) atoms. The molecule has 0 N–H and O–H groups in total. The fraction of sp³-hybridized carbons (Fsp3) is 0.912. The Bertz CT molecular complexity index is 638. The Labute approximate surface area is 245 Å². The lowest BCUT2D eigenvalue weighted by atomic mass is 9.98. The van der Waals surface area contributed by atoms with Crippen molar-refractivity contribution < 1.29 is 28.6 Å². The number of hydrogen-bond acceptors (Lipinski definition) is 6. The summed E-state index contributed by atoms with van der Waals surface area (Å²) in [5.74, 6) is 0.508. The lowest BCUT2D eigenvalue weighted by molar-refractivity contribution is -0.151. The molecule has 0 aromatic rings. The maximum absolute atomic E-state index is 12.6. The van der Waals surface area contributed by atoms with Crippen LogP contribution in [-0.4, -0.2) is 36.2 Å². The van der Waals surface area contributed by atoms with Crippen molar-refractivity contribution in [1.82, 2.24) is 0 Å². The lowest BCUT2D eigenvalue weighted by Gasteiger charge is -2.22. The normalized spacial score (nSPS) is 17.5. The van der Waals surface area contributed by atoms with Gasteiger partial charge in [0.15, 0.2) is 0 Å². The van der Waals surface area contributed by atoms with E-state index in [0.717, 1.165) is 89.9 Å². The van der Waals surface area contributed by atoms with Gasteiger partial charge < -0.3 is 14.2 Å². The Morgan fingerprint density at radius 1 is 0.575 bits per heavy atom. The fourth-order valence-electron chi connectivity index (χ4n) is 5.97. The Morgan fingerprint density at radius 2 is 1.00 bits per heavy atom. The molecule has 2 aliphatic carbocycles. The van der Waals surface area contributed by atoms with Gasteiger partial charge in [0.05, 0.1) is 0 Å². The van der Waals surface area contributed by atoms with E-state index in [1.807, 2.05) is 0 Å². The second-order valence-electron chi connectivity index (χ2n) is 12.6. The fourth-order valence-corrected chi connectivity index (χ4v) is 5.97. The zero-order chi connectivity index (χ0) is 28.8. The number of hydrogen-bond donors (Lipinski definition) is 0. The molecule has 0 radical (unpaired) electrons. The highest BCUT2D eigenvalue weighted by molar-refractivity contribution is 5.70. The predicted octanol–water partition coefficient (Wildman–Crippen LogP) is 9.16. The molecule has 0 aliphatic heterocycles. The van der Waals surface area contributed by atoms with Crippen LogP contribution in [0.5, 0.6) is 0 Å². The summed E-state index contributed by atoms with van der Waals surface area (Å²) in [7, 11) is 0. The number of unbranched alkanes of at least 4 members (excludes halogenated alkanes) is 5. The lowest BCUT2D eigenvalue weighted by Crippen LogP contribution is -2.21. The van der Waals surface area contributed by atoms with Crippen molar-refractivity contribution >= 4 is 17.9 Å². The Hall–Kier alpha value is -1.59. The van der Waals surface area contributed by atoms with E-state index in [9.17, 15) is 14.4 Å². The predicted molar refractivity (Wildman–Crippen MR) is 160 cm³/mol. The molecule has 0 heterocycles. The summed E-state index contributed by atoms with van der Waals surface area (Å²) < 4.78 is 17.2. The molecule has 0 aromatic heterocycles. The van der Waals surface area contributed by atoms with Crippen molar-refractivity contribution in [2.45, 2.75) is 193 Å². The summed E-state index contributed by atoms with van der Waals surface area (Å²) in [4.78, 5) is 36.9. The van der Waals surface area contributed by atoms with Gasteiger partial charge in [-0.25, -0.2) is 0 Å². The second-order valence-corrected chi connectivity index (χ2v) is 12.6. The number of esters is 3. The monoisotopic (exact) mass is 564 g/mol. The van der Waals surface area contributed by atoms with Gasteiger partial charge in [-0.15, -0.1) is 0 Å². The molecule has 1 unspecified atom stereocenters. The average molecular weight is 565 g/mol. The highest BCUT2D eigenvalue weighted by atomic mass is 16.6. The SMILES string of the molecule is CCC(C)CCCCC(=O)OC(CCCCCC(=O)OC1CCCCC1)CCCCCC(=O)OC1CCCCC1. The molecule has 1 atom stereocenters. The Kier molecular flexibility index (Phi) is 19.1. The van der Waals surface area contributed by atoms with Crippen LogP contribution in [-0.2, 0) is 28.6 Å². The molecule has 0 spiro atoms. The van der Waals surface area contributed by atoms with Crippen molar-refractivity contribution in [3.8, 4) is 0 Å². The smallest absolute Gasteiger partial charge is 0.306 e. The third-order valence-electron chi connectivity index (χ3n) is 8.84. The van der Waals surface area contributed by atoms with E-state index in [1.165, 1.54) is 51.4 Å². The molecular weight excluding hydrogens is 504 g/mol. The summed E-state index contributed by atoms with van der Waals surface area (Å²) in [6, 6.07) is 0.